The summed E-state index contributed by atoms with van der Waals surface area (Å²) in [4.78, 5) is 16.8. The van der Waals surface area contributed by atoms with E-state index in [0.29, 0.717) is 31.7 Å². The van der Waals surface area contributed by atoms with Crippen LogP contribution < -0.4 is 5.73 Å². The number of rotatable bonds is 4. The summed E-state index contributed by atoms with van der Waals surface area (Å²) in [6.45, 7) is 5.87. The Kier molecular flexibility index (Phi) is 9.03. The zero-order valence-electron chi connectivity index (χ0n) is 16.5. The van der Waals surface area contributed by atoms with Gasteiger partial charge in [-0.25, -0.2) is 8.78 Å². The molecule has 0 aromatic heterocycles. The summed E-state index contributed by atoms with van der Waals surface area (Å²) in [5, 5.41) is 0. The van der Waals surface area contributed by atoms with Gasteiger partial charge in [-0.05, 0) is 25.5 Å². The Bertz CT molecular complexity index is 813. The van der Waals surface area contributed by atoms with E-state index in [4.69, 9.17) is 5.73 Å². The van der Waals surface area contributed by atoms with Crippen molar-refractivity contribution in [2.24, 2.45) is 5.73 Å². The van der Waals surface area contributed by atoms with Gasteiger partial charge in [-0.1, -0.05) is 36.4 Å². The average molecular weight is 446 g/mol. The Balaban J connectivity index is 0.00000210. The molecule has 2 aromatic carbocycles. The van der Waals surface area contributed by atoms with Gasteiger partial charge in [0.2, 0.25) is 5.91 Å². The molecule has 2 aromatic rings. The SMILES string of the molecule is CC(c1ccc(F)cc1F)N1CCN(C(=O)C(C)(N)c2ccccc2)CC1.Cl.Cl. The van der Waals surface area contributed by atoms with Crippen LogP contribution >= 0.6 is 24.8 Å². The van der Waals surface area contributed by atoms with E-state index in [9.17, 15) is 13.6 Å². The maximum absolute atomic E-state index is 14.1. The molecule has 1 amide bonds. The summed E-state index contributed by atoms with van der Waals surface area (Å²) in [5.74, 6) is -1.24. The van der Waals surface area contributed by atoms with Gasteiger partial charge in [0.15, 0.2) is 0 Å². The predicted molar refractivity (Wildman–Crippen MR) is 115 cm³/mol. The Morgan fingerprint density at radius 3 is 2.17 bits per heavy atom. The van der Waals surface area contributed by atoms with Crippen LogP contribution in [0.15, 0.2) is 48.5 Å². The van der Waals surface area contributed by atoms with Crippen LogP contribution in [-0.4, -0.2) is 41.9 Å². The molecule has 0 spiro atoms. The molecule has 0 aliphatic carbocycles. The van der Waals surface area contributed by atoms with Crippen LogP contribution in [0.2, 0.25) is 0 Å². The first-order chi connectivity index (χ1) is 12.8. The molecule has 4 nitrogen and oxygen atoms in total. The van der Waals surface area contributed by atoms with Crippen molar-refractivity contribution in [3.8, 4) is 0 Å². The summed E-state index contributed by atoms with van der Waals surface area (Å²) in [6, 6.07) is 12.8. The Morgan fingerprint density at radius 1 is 1.03 bits per heavy atom. The van der Waals surface area contributed by atoms with Crippen molar-refractivity contribution in [2.45, 2.75) is 25.4 Å². The van der Waals surface area contributed by atoms with Crippen molar-refractivity contribution < 1.29 is 13.6 Å². The number of amides is 1. The highest BCUT2D eigenvalue weighted by Crippen LogP contribution is 2.26. The topological polar surface area (TPSA) is 49.6 Å². The van der Waals surface area contributed by atoms with E-state index in [1.165, 1.54) is 12.1 Å². The standard InChI is InChI=1S/C21H25F2N3O.2ClH/c1-15(18-9-8-17(22)14-19(18)23)25-10-12-26(13-11-25)20(27)21(2,24)16-6-4-3-5-7-16;;/h3-9,14-15H,10-13,24H2,1-2H3;2*1H. The highest BCUT2D eigenvalue weighted by atomic mass is 35.5. The van der Waals surface area contributed by atoms with Crippen LogP contribution in [0.3, 0.4) is 0 Å². The Labute approximate surface area is 182 Å². The van der Waals surface area contributed by atoms with E-state index >= 15 is 0 Å². The molecule has 1 fully saturated rings. The smallest absolute Gasteiger partial charge is 0.247 e. The van der Waals surface area contributed by atoms with Gasteiger partial charge < -0.3 is 10.6 Å². The fourth-order valence-corrected chi connectivity index (χ4v) is 3.59. The minimum Gasteiger partial charge on any atom is -0.338 e. The van der Waals surface area contributed by atoms with Crippen molar-refractivity contribution in [1.29, 1.82) is 0 Å². The second-order valence-electron chi connectivity index (χ2n) is 7.24. The molecule has 160 valence electrons. The van der Waals surface area contributed by atoms with E-state index in [1.54, 1.807) is 11.8 Å². The molecule has 1 heterocycles. The molecule has 2 N–H and O–H groups in total. The van der Waals surface area contributed by atoms with Gasteiger partial charge in [0.25, 0.3) is 0 Å². The van der Waals surface area contributed by atoms with Gasteiger partial charge in [0.05, 0.1) is 0 Å². The lowest BCUT2D eigenvalue weighted by Gasteiger charge is -2.41. The Morgan fingerprint density at radius 2 is 1.62 bits per heavy atom. The molecule has 2 atom stereocenters. The maximum Gasteiger partial charge on any atom is 0.247 e. The summed E-state index contributed by atoms with van der Waals surface area (Å²) in [5.41, 5.74) is 6.50. The van der Waals surface area contributed by atoms with E-state index in [2.05, 4.69) is 4.90 Å². The summed E-state index contributed by atoms with van der Waals surface area (Å²) >= 11 is 0. The highest BCUT2D eigenvalue weighted by molar-refractivity contribution is 5.87. The van der Waals surface area contributed by atoms with E-state index < -0.39 is 17.2 Å². The third kappa shape index (κ3) is 5.45. The molecule has 0 saturated carbocycles. The number of benzene rings is 2. The molecule has 29 heavy (non-hydrogen) atoms. The number of piperazine rings is 1. The number of carbonyl (C=O) groups is 1. The average Bonchev–Trinajstić information content (AvgIpc) is 2.68. The number of hydrogen-bond acceptors (Lipinski definition) is 3. The number of halogens is 4. The largest absolute Gasteiger partial charge is 0.338 e. The van der Waals surface area contributed by atoms with Crippen molar-refractivity contribution >= 4 is 30.7 Å². The molecule has 2 unspecified atom stereocenters. The number of nitrogens with zero attached hydrogens (tertiary/aromatic N) is 2. The molecule has 3 rings (SSSR count). The van der Waals surface area contributed by atoms with E-state index in [-0.39, 0.29) is 36.8 Å². The Hall–Kier alpha value is -1.73. The quantitative estimate of drug-likeness (QED) is 0.776. The molecule has 1 aliphatic rings. The monoisotopic (exact) mass is 445 g/mol. The van der Waals surface area contributed by atoms with Crippen LogP contribution in [0.5, 0.6) is 0 Å². The molecular weight excluding hydrogens is 419 g/mol. The van der Waals surface area contributed by atoms with Crippen molar-refractivity contribution in [1.82, 2.24) is 9.80 Å². The summed E-state index contributed by atoms with van der Waals surface area (Å²) < 4.78 is 27.2. The van der Waals surface area contributed by atoms with Crippen LogP contribution in [0.1, 0.15) is 31.0 Å². The predicted octanol–water partition coefficient (Wildman–Crippen LogP) is 3.89. The lowest BCUT2D eigenvalue weighted by Crippen LogP contribution is -2.57. The normalized spacial score (nSPS) is 17.5. The molecule has 0 radical (unpaired) electrons. The second kappa shape index (κ2) is 10.3. The minimum atomic E-state index is -1.09. The van der Waals surface area contributed by atoms with Gasteiger partial charge in [-0.15, -0.1) is 24.8 Å². The van der Waals surface area contributed by atoms with Crippen LogP contribution in [0.25, 0.3) is 0 Å². The van der Waals surface area contributed by atoms with Gasteiger partial charge in [0, 0.05) is 43.9 Å². The zero-order chi connectivity index (χ0) is 19.6. The van der Waals surface area contributed by atoms with E-state index in [0.717, 1.165) is 11.6 Å². The zero-order valence-corrected chi connectivity index (χ0v) is 18.1. The maximum atomic E-state index is 14.1. The first kappa shape index (κ1) is 25.3. The summed E-state index contributed by atoms with van der Waals surface area (Å²) in [6.07, 6.45) is 0. The van der Waals surface area contributed by atoms with Crippen LogP contribution in [-0.2, 0) is 10.3 Å². The fourth-order valence-electron chi connectivity index (χ4n) is 3.59. The van der Waals surface area contributed by atoms with Gasteiger partial charge >= 0.3 is 0 Å². The lowest BCUT2D eigenvalue weighted by atomic mass is 9.91. The highest BCUT2D eigenvalue weighted by Gasteiger charge is 2.36. The molecule has 8 heteroatoms. The number of hydrogen-bond donors (Lipinski definition) is 1. The second-order valence-corrected chi connectivity index (χ2v) is 7.24. The minimum absolute atomic E-state index is 0. The van der Waals surface area contributed by atoms with Gasteiger partial charge in [0.1, 0.15) is 17.2 Å². The molecule has 1 aliphatic heterocycles. The van der Waals surface area contributed by atoms with E-state index in [1.807, 2.05) is 37.3 Å². The summed E-state index contributed by atoms with van der Waals surface area (Å²) in [7, 11) is 0. The lowest BCUT2D eigenvalue weighted by molar-refractivity contribution is -0.138. The van der Waals surface area contributed by atoms with Gasteiger partial charge in [-0.3, -0.25) is 9.69 Å². The third-order valence-corrected chi connectivity index (χ3v) is 5.38. The van der Waals surface area contributed by atoms with Crippen LogP contribution in [0.4, 0.5) is 8.78 Å². The molecular formula is C21H27Cl2F2N3O. The first-order valence-electron chi connectivity index (χ1n) is 9.13. The molecule has 1 saturated heterocycles. The van der Waals surface area contributed by atoms with Crippen LogP contribution in [0, 0.1) is 11.6 Å². The van der Waals surface area contributed by atoms with Gasteiger partial charge in [-0.2, -0.15) is 0 Å². The number of nitrogens with two attached hydrogens (primary N) is 1. The molecule has 0 bridgehead atoms. The number of carbonyl (C=O) groups excluding carboxylic acids is 1. The third-order valence-electron chi connectivity index (χ3n) is 5.38. The first-order valence-corrected chi connectivity index (χ1v) is 9.13. The van der Waals surface area contributed by atoms with Crippen molar-refractivity contribution in [3.63, 3.8) is 0 Å². The van der Waals surface area contributed by atoms with Crippen molar-refractivity contribution in [3.05, 3.63) is 71.3 Å². The van der Waals surface area contributed by atoms with Crippen molar-refractivity contribution in [2.75, 3.05) is 26.2 Å². The fraction of sp³-hybridized carbons (Fsp3) is 0.381.